The zero-order chi connectivity index (χ0) is 11.1. The molecule has 1 heterocycles. The summed E-state index contributed by atoms with van der Waals surface area (Å²) >= 11 is 4.10. The molecule has 1 saturated heterocycles. The van der Waals surface area contributed by atoms with Crippen molar-refractivity contribution < 1.29 is 0 Å². The van der Waals surface area contributed by atoms with Gasteiger partial charge in [0.25, 0.3) is 0 Å². The summed E-state index contributed by atoms with van der Waals surface area (Å²) in [7, 11) is 0. The Morgan fingerprint density at radius 1 is 1.53 bits per heavy atom. The van der Waals surface area contributed by atoms with E-state index in [-0.39, 0.29) is 0 Å². The number of nitrogens with one attached hydrogen (secondary N) is 1. The summed E-state index contributed by atoms with van der Waals surface area (Å²) in [5, 5.41) is 1.32. The van der Waals surface area contributed by atoms with E-state index in [0.29, 0.717) is 16.5 Å². The van der Waals surface area contributed by atoms with Crippen LogP contribution in [0.2, 0.25) is 0 Å². The fourth-order valence-electron chi connectivity index (χ4n) is 1.86. The van der Waals surface area contributed by atoms with Crippen LogP contribution in [-0.2, 0) is 0 Å². The van der Waals surface area contributed by atoms with Gasteiger partial charge >= 0.3 is 0 Å². The average molecular weight is 244 g/mol. The molecule has 3 N–H and O–H groups in total. The quantitative estimate of drug-likeness (QED) is 0.335. The third-order valence-corrected chi connectivity index (χ3v) is 5.93. The van der Waals surface area contributed by atoms with Gasteiger partial charge in [0.15, 0.2) is 0 Å². The highest BCUT2D eigenvalue weighted by atomic mass is 32.2. The predicted molar refractivity (Wildman–Crippen MR) is 72.0 cm³/mol. The van der Waals surface area contributed by atoms with Crippen molar-refractivity contribution in [3.63, 3.8) is 0 Å². The first-order chi connectivity index (χ1) is 7.29. The molecule has 0 aliphatic carbocycles. The molecule has 1 aliphatic heterocycles. The van der Waals surface area contributed by atoms with Gasteiger partial charge in [-0.15, -0.1) is 12.3 Å². The van der Waals surface area contributed by atoms with Crippen molar-refractivity contribution in [3.05, 3.63) is 0 Å². The molecule has 1 aliphatic rings. The van der Waals surface area contributed by atoms with E-state index in [0.717, 1.165) is 19.3 Å². The summed E-state index contributed by atoms with van der Waals surface area (Å²) in [6, 6.07) is 0.408. The maximum Gasteiger partial charge on any atom is 0.0340 e. The second kappa shape index (κ2) is 7.45. The van der Waals surface area contributed by atoms with Crippen molar-refractivity contribution in [2.45, 2.75) is 42.7 Å². The first kappa shape index (κ1) is 13.2. The van der Waals surface area contributed by atoms with Gasteiger partial charge in [0.2, 0.25) is 0 Å². The topological polar surface area (TPSA) is 38.0 Å². The van der Waals surface area contributed by atoms with Crippen molar-refractivity contribution in [3.8, 4) is 12.3 Å². The monoisotopic (exact) mass is 244 g/mol. The van der Waals surface area contributed by atoms with Gasteiger partial charge in [-0.25, -0.2) is 0 Å². The fourth-order valence-corrected chi connectivity index (χ4v) is 4.84. The molecule has 0 aromatic heterocycles. The average Bonchev–Trinajstić information content (AvgIpc) is 2.26. The number of hydrogen-bond acceptors (Lipinski definition) is 4. The van der Waals surface area contributed by atoms with Crippen molar-refractivity contribution in [1.82, 2.24) is 5.43 Å². The summed E-state index contributed by atoms with van der Waals surface area (Å²) in [6.07, 6.45) is 8.27. The Kier molecular flexibility index (Phi) is 6.58. The number of hydrogen-bond donors (Lipinski definition) is 2. The molecular weight excluding hydrogens is 224 g/mol. The van der Waals surface area contributed by atoms with E-state index in [1.54, 1.807) is 0 Å². The minimum Gasteiger partial charge on any atom is -0.271 e. The van der Waals surface area contributed by atoms with Gasteiger partial charge in [0.05, 0.1) is 0 Å². The number of nitrogens with two attached hydrogens (primary N) is 1. The lowest BCUT2D eigenvalue weighted by Gasteiger charge is -2.34. The molecule has 0 aromatic carbocycles. The van der Waals surface area contributed by atoms with Gasteiger partial charge in [-0.05, 0) is 12.8 Å². The van der Waals surface area contributed by atoms with Crippen molar-refractivity contribution in [2.24, 2.45) is 5.84 Å². The van der Waals surface area contributed by atoms with Crippen LogP contribution in [0.4, 0.5) is 0 Å². The number of terminal acetylenes is 1. The molecule has 1 rings (SSSR count). The summed E-state index contributed by atoms with van der Waals surface area (Å²) < 4.78 is 0. The third-order valence-electron chi connectivity index (χ3n) is 2.68. The Hall–Kier alpha value is 0.180. The molecule has 2 nitrogen and oxygen atoms in total. The molecule has 1 fully saturated rings. The van der Waals surface area contributed by atoms with Gasteiger partial charge < -0.3 is 0 Å². The van der Waals surface area contributed by atoms with Crippen molar-refractivity contribution in [1.29, 1.82) is 0 Å². The standard InChI is InChI=1S/C11H20N2S2/c1-3-4-5-6-10(13-12)11-9(2)14-7-8-15-11/h1,9-11,13H,4-8,12H2,2H3. The lowest BCUT2D eigenvalue weighted by atomic mass is 10.0. The number of rotatable bonds is 5. The Morgan fingerprint density at radius 3 is 2.87 bits per heavy atom. The molecule has 0 spiro atoms. The highest BCUT2D eigenvalue weighted by Gasteiger charge is 2.29. The minimum atomic E-state index is 0.408. The van der Waals surface area contributed by atoms with Gasteiger partial charge in [-0.1, -0.05) is 6.92 Å². The van der Waals surface area contributed by atoms with Crippen LogP contribution in [-0.4, -0.2) is 28.0 Å². The zero-order valence-corrected chi connectivity index (χ0v) is 10.9. The van der Waals surface area contributed by atoms with Crippen LogP contribution in [0.5, 0.6) is 0 Å². The summed E-state index contributed by atoms with van der Waals surface area (Å²) in [5.74, 6) is 10.8. The molecule has 0 amide bonds. The molecule has 15 heavy (non-hydrogen) atoms. The lowest BCUT2D eigenvalue weighted by molar-refractivity contribution is 0.463. The highest BCUT2D eigenvalue weighted by Crippen LogP contribution is 2.34. The van der Waals surface area contributed by atoms with Gasteiger partial charge in [-0.3, -0.25) is 11.3 Å². The van der Waals surface area contributed by atoms with Crippen LogP contribution in [0.3, 0.4) is 0 Å². The van der Waals surface area contributed by atoms with E-state index in [4.69, 9.17) is 12.3 Å². The van der Waals surface area contributed by atoms with E-state index in [1.807, 2.05) is 11.8 Å². The van der Waals surface area contributed by atoms with Crippen LogP contribution >= 0.6 is 23.5 Å². The van der Waals surface area contributed by atoms with Crippen LogP contribution < -0.4 is 11.3 Å². The van der Waals surface area contributed by atoms with E-state index in [9.17, 15) is 0 Å². The van der Waals surface area contributed by atoms with Crippen LogP contribution in [0.25, 0.3) is 0 Å². The minimum absolute atomic E-state index is 0.408. The zero-order valence-electron chi connectivity index (χ0n) is 9.24. The van der Waals surface area contributed by atoms with Crippen molar-refractivity contribution in [2.75, 3.05) is 11.5 Å². The Labute approximate surface area is 101 Å². The van der Waals surface area contributed by atoms with Gasteiger partial charge in [-0.2, -0.15) is 23.5 Å². The van der Waals surface area contributed by atoms with E-state index in [1.165, 1.54) is 11.5 Å². The summed E-state index contributed by atoms with van der Waals surface area (Å²) in [6.45, 7) is 2.30. The maximum atomic E-state index is 5.62. The predicted octanol–water partition coefficient (Wildman–Crippen LogP) is 1.86. The number of unbranched alkanes of at least 4 members (excludes halogenated alkanes) is 1. The smallest absolute Gasteiger partial charge is 0.0340 e. The largest absolute Gasteiger partial charge is 0.271 e. The molecule has 4 heteroatoms. The van der Waals surface area contributed by atoms with Crippen molar-refractivity contribution >= 4 is 23.5 Å². The molecular formula is C11H20N2S2. The Bertz CT molecular complexity index is 215. The highest BCUT2D eigenvalue weighted by molar-refractivity contribution is 8.07. The second-order valence-corrected chi connectivity index (χ2v) is 6.55. The third kappa shape index (κ3) is 4.28. The molecule has 0 radical (unpaired) electrons. The SMILES string of the molecule is C#CCCCC(NN)C1SCCSC1C. The Morgan fingerprint density at radius 2 is 2.27 bits per heavy atom. The molecule has 3 unspecified atom stereocenters. The summed E-state index contributed by atoms with van der Waals surface area (Å²) in [4.78, 5) is 0. The fraction of sp³-hybridized carbons (Fsp3) is 0.818. The van der Waals surface area contributed by atoms with Gasteiger partial charge in [0, 0.05) is 34.5 Å². The lowest BCUT2D eigenvalue weighted by Crippen LogP contribution is -2.47. The van der Waals surface area contributed by atoms with Crippen LogP contribution in [0.15, 0.2) is 0 Å². The number of hydrazine groups is 1. The Balaban J connectivity index is 2.38. The van der Waals surface area contributed by atoms with E-state index >= 15 is 0 Å². The van der Waals surface area contributed by atoms with E-state index in [2.05, 4.69) is 30.0 Å². The van der Waals surface area contributed by atoms with E-state index < -0.39 is 0 Å². The number of thioether (sulfide) groups is 2. The maximum absolute atomic E-state index is 5.62. The normalized spacial score (nSPS) is 28.3. The van der Waals surface area contributed by atoms with Crippen LogP contribution in [0, 0.1) is 12.3 Å². The summed E-state index contributed by atoms with van der Waals surface area (Å²) in [5.41, 5.74) is 2.96. The molecule has 0 aromatic rings. The molecule has 0 bridgehead atoms. The first-order valence-corrected chi connectivity index (χ1v) is 7.52. The molecule has 0 saturated carbocycles. The molecule has 86 valence electrons. The first-order valence-electron chi connectivity index (χ1n) is 5.42. The second-order valence-electron chi connectivity index (χ2n) is 3.78. The molecule has 3 atom stereocenters. The van der Waals surface area contributed by atoms with Gasteiger partial charge in [0.1, 0.15) is 0 Å². The van der Waals surface area contributed by atoms with Crippen LogP contribution in [0.1, 0.15) is 26.2 Å².